The lowest BCUT2D eigenvalue weighted by molar-refractivity contribution is -0.123. The maximum Gasteiger partial charge on any atom is 0.234 e. The fourth-order valence-corrected chi connectivity index (χ4v) is 3.93. The maximum absolute atomic E-state index is 13.1. The first-order valence-electron chi connectivity index (χ1n) is 9.60. The standard InChI is InChI=1S/C23H24FN3O/c1-17(18-9-11-20(24)12-10-18)25-22(28)16-27-15-14-26-13-5-8-21(26)23(27)19-6-3-2-4-7-19/h2-13,17,23H,14-16H2,1H3,(H,25,28). The van der Waals surface area contributed by atoms with Crippen LogP contribution in [0.15, 0.2) is 72.9 Å². The molecule has 4 rings (SSSR count). The van der Waals surface area contributed by atoms with Crippen LogP contribution in [0.25, 0.3) is 0 Å². The number of nitrogens with zero attached hydrogens (tertiary/aromatic N) is 2. The molecule has 2 atom stereocenters. The summed E-state index contributed by atoms with van der Waals surface area (Å²) in [7, 11) is 0. The van der Waals surface area contributed by atoms with Crippen molar-refractivity contribution in [1.29, 1.82) is 0 Å². The first-order chi connectivity index (χ1) is 13.6. The van der Waals surface area contributed by atoms with Crippen molar-refractivity contribution < 1.29 is 9.18 Å². The van der Waals surface area contributed by atoms with Crippen LogP contribution in [0.4, 0.5) is 4.39 Å². The molecule has 5 heteroatoms. The zero-order valence-corrected chi connectivity index (χ0v) is 15.9. The van der Waals surface area contributed by atoms with E-state index in [0.29, 0.717) is 6.54 Å². The van der Waals surface area contributed by atoms with Gasteiger partial charge in [0.1, 0.15) is 5.82 Å². The number of hydrogen-bond acceptors (Lipinski definition) is 2. The SMILES string of the molecule is CC(NC(=O)CN1CCn2cccc2C1c1ccccc1)c1ccc(F)cc1. The van der Waals surface area contributed by atoms with Crippen LogP contribution in [0.5, 0.6) is 0 Å². The van der Waals surface area contributed by atoms with Crippen molar-refractivity contribution in [3.63, 3.8) is 0 Å². The number of carbonyl (C=O) groups is 1. The van der Waals surface area contributed by atoms with E-state index in [2.05, 4.69) is 45.2 Å². The Morgan fingerprint density at radius 2 is 1.82 bits per heavy atom. The Hall–Kier alpha value is -2.92. The van der Waals surface area contributed by atoms with E-state index in [4.69, 9.17) is 0 Å². The van der Waals surface area contributed by atoms with Gasteiger partial charge in [-0.25, -0.2) is 4.39 Å². The number of amides is 1. The predicted molar refractivity (Wildman–Crippen MR) is 107 cm³/mol. The molecule has 28 heavy (non-hydrogen) atoms. The number of hydrogen-bond donors (Lipinski definition) is 1. The molecule has 1 N–H and O–H groups in total. The fraction of sp³-hybridized carbons (Fsp3) is 0.261. The maximum atomic E-state index is 13.1. The van der Waals surface area contributed by atoms with Crippen LogP contribution >= 0.6 is 0 Å². The van der Waals surface area contributed by atoms with Crippen LogP contribution in [0, 0.1) is 5.82 Å². The summed E-state index contributed by atoms with van der Waals surface area (Å²) in [6, 6.07) is 20.6. The van der Waals surface area contributed by atoms with Crippen molar-refractivity contribution >= 4 is 5.91 Å². The third kappa shape index (κ3) is 3.85. The van der Waals surface area contributed by atoms with E-state index in [1.165, 1.54) is 23.4 Å². The highest BCUT2D eigenvalue weighted by atomic mass is 19.1. The lowest BCUT2D eigenvalue weighted by Gasteiger charge is -2.37. The van der Waals surface area contributed by atoms with E-state index in [9.17, 15) is 9.18 Å². The fourth-order valence-electron chi connectivity index (χ4n) is 3.93. The molecule has 0 aliphatic carbocycles. The van der Waals surface area contributed by atoms with Crippen molar-refractivity contribution in [2.24, 2.45) is 0 Å². The number of carbonyl (C=O) groups excluding carboxylic acids is 1. The molecule has 1 aliphatic heterocycles. The molecule has 0 fully saturated rings. The van der Waals surface area contributed by atoms with Gasteiger partial charge in [-0.1, -0.05) is 42.5 Å². The monoisotopic (exact) mass is 377 g/mol. The number of aromatic nitrogens is 1. The number of benzene rings is 2. The molecular formula is C23H24FN3O. The molecule has 4 nitrogen and oxygen atoms in total. The molecule has 0 saturated heterocycles. The van der Waals surface area contributed by atoms with Gasteiger partial charge in [-0.2, -0.15) is 0 Å². The van der Waals surface area contributed by atoms with Gasteiger partial charge < -0.3 is 9.88 Å². The van der Waals surface area contributed by atoms with Gasteiger partial charge in [0.2, 0.25) is 5.91 Å². The number of halogens is 1. The molecule has 2 unspecified atom stereocenters. The number of nitrogens with one attached hydrogen (secondary N) is 1. The van der Waals surface area contributed by atoms with Gasteiger partial charge in [0, 0.05) is 25.0 Å². The summed E-state index contributed by atoms with van der Waals surface area (Å²) in [6.07, 6.45) is 2.10. The lowest BCUT2D eigenvalue weighted by Crippen LogP contribution is -2.44. The van der Waals surface area contributed by atoms with Crippen molar-refractivity contribution in [1.82, 2.24) is 14.8 Å². The molecule has 144 valence electrons. The minimum atomic E-state index is -0.274. The molecule has 1 amide bonds. The van der Waals surface area contributed by atoms with Gasteiger partial charge >= 0.3 is 0 Å². The van der Waals surface area contributed by atoms with Crippen molar-refractivity contribution in [3.8, 4) is 0 Å². The summed E-state index contributed by atoms with van der Waals surface area (Å²) in [5.74, 6) is -0.304. The van der Waals surface area contributed by atoms with Crippen LogP contribution in [-0.2, 0) is 11.3 Å². The van der Waals surface area contributed by atoms with E-state index in [1.54, 1.807) is 12.1 Å². The highest BCUT2D eigenvalue weighted by Gasteiger charge is 2.30. The normalized spacial score (nSPS) is 17.7. The molecule has 1 aliphatic rings. The first-order valence-corrected chi connectivity index (χ1v) is 9.60. The molecule has 3 aromatic rings. The molecule has 2 aromatic carbocycles. The van der Waals surface area contributed by atoms with E-state index in [0.717, 1.165) is 18.7 Å². The summed E-state index contributed by atoms with van der Waals surface area (Å²) in [5.41, 5.74) is 3.28. The van der Waals surface area contributed by atoms with Gasteiger partial charge in [0.15, 0.2) is 0 Å². The van der Waals surface area contributed by atoms with E-state index >= 15 is 0 Å². The zero-order valence-electron chi connectivity index (χ0n) is 15.9. The average molecular weight is 377 g/mol. The molecule has 0 saturated carbocycles. The van der Waals surface area contributed by atoms with Crippen LogP contribution in [0.2, 0.25) is 0 Å². The van der Waals surface area contributed by atoms with Crippen molar-refractivity contribution in [2.45, 2.75) is 25.6 Å². The average Bonchev–Trinajstić information content (AvgIpc) is 3.17. The number of rotatable bonds is 5. The van der Waals surface area contributed by atoms with Gasteiger partial charge in [0.05, 0.1) is 18.6 Å². The topological polar surface area (TPSA) is 37.3 Å². The third-order valence-corrected chi connectivity index (χ3v) is 5.35. The largest absolute Gasteiger partial charge is 0.348 e. The third-order valence-electron chi connectivity index (χ3n) is 5.35. The van der Waals surface area contributed by atoms with Crippen LogP contribution in [0.1, 0.15) is 35.8 Å². The van der Waals surface area contributed by atoms with Crippen molar-refractivity contribution in [3.05, 3.63) is 95.6 Å². The lowest BCUT2D eigenvalue weighted by atomic mass is 10.00. The summed E-state index contributed by atoms with van der Waals surface area (Å²) in [4.78, 5) is 15.0. The van der Waals surface area contributed by atoms with Gasteiger partial charge in [0.25, 0.3) is 0 Å². The second-order valence-corrected chi connectivity index (χ2v) is 7.25. The highest BCUT2D eigenvalue weighted by molar-refractivity contribution is 5.78. The predicted octanol–water partition coefficient (Wildman–Crippen LogP) is 3.91. The van der Waals surface area contributed by atoms with Gasteiger partial charge in [-0.3, -0.25) is 9.69 Å². The van der Waals surface area contributed by atoms with E-state index in [1.807, 2.05) is 25.1 Å². The smallest absolute Gasteiger partial charge is 0.234 e. The Bertz CT molecular complexity index is 936. The van der Waals surface area contributed by atoms with Crippen molar-refractivity contribution in [2.75, 3.05) is 13.1 Å². The second-order valence-electron chi connectivity index (χ2n) is 7.25. The molecule has 0 bridgehead atoms. The summed E-state index contributed by atoms with van der Waals surface area (Å²) in [6.45, 7) is 3.91. The Labute approximate surface area is 164 Å². The molecular weight excluding hydrogens is 353 g/mol. The van der Waals surface area contributed by atoms with Gasteiger partial charge in [-0.05, 0) is 42.3 Å². The molecule has 1 aromatic heterocycles. The van der Waals surface area contributed by atoms with Crippen LogP contribution < -0.4 is 5.32 Å². The highest BCUT2D eigenvalue weighted by Crippen LogP contribution is 2.32. The number of fused-ring (bicyclic) bond motifs is 1. The Morgan fingerprint density at radius 3 is 2.57 bits per heavy atom. The minimum absolute atomic E-state index is 0.0298. The first kappa shape index (κ1) is 18.4. The molecule has 2 heterocycles. The molecule has 0 spiro atoms. The minimum Gasteiger partial charge on any atom is -0.348 e. The molecule has 0 radical (unpaired) electrons. The summed E-state index contributed by atoms with van der Waals surface area (Å²) >= 11 is 0. The Morgan fingerprint density at radius 1 is 1.07 bits per heavy atom. The second kappa shape index (κ2) is 7.98. The summed E-state index contributed by atoms with van der Waals surface area (Å²) in [5, 5.41) is 3.04. The zero-order chi connectivity index (χ0) is 19.5. The van der Waals surface area contributed by atoms with Crippen LogP contribution in [-0.4, -0.2) is 28.5 Å². The van der Waals surface area contributed by atoms with Crippen LogP contribution in [0.3, 0.4) is 0 Å². The van der Waals surface area contributed by atoms with Gasteiger partial charge in [-0.15, -0.1) is 0 Å². The Kier molecular flexibility index (Phi) is 5.26. The van der Waals surface area contributed by atoms with E-state index < -0.39 is 0 Å². The Balaban J connectivity index is 1.49. The quantitative estimate of drug-likeness (QED) is 0.732. The summed E-state index contributed by atoms with van der Waals surface area (Å²) < 4.78 is 15.4. The van der Waals surface area contributed by atoms with E-state index in [-0.39, 0.29) is 23.8 Å².